The van der Waals surface area contributed by atoms with Crippen molar-refractivity contribution in [1.82, 2.24) is 5.32 Å². The number of benzene rings is 1. The van der Waals surface area contributed by atoms with Gasteiger partial charge < -0.3 is 10.2 Å². The lowest BCUT2D eigenvalue weighted by molar-refractivity contribution is 0.705. The van der Waals surface area contributed by atoms with Crippen LogP contribution in [0, 0.1) is 0 Å². The van der Waals surface area contributed by atoms with Gasteiger partial charge in [0, 0.05) is 25.8 Å². The summed E-state index contributed by atoms with van der Waals surface area (Å²) < 4.78 is 0. The van der Waals surface area contributed by atoms with Crippen LogP contribution in [0.1, 0.15) is 25.8 Å². The minimum atomic E-state index is 0.905. The Balaban J connectivity index is 2.43. The summed E-state index contributed by atoms with van der Waals surface area (Å²) in [5.41, 5.74) is 3.87. The van der Waals surface area contributed by atoms with Crippen LogP contribution in [0.3, 0.4) is 0 Å². The highest BCUT2D eigenvalue weighted by Gasteiger charge is 2.02. The Morgan fingerprint density at radius 3 is 2.44 bits per heavy atom. The first-order valence-corrected chi connectivity index (χ1v) is 6.84. The number of nitrogens with zero attached hydrogens (tertiary/aromatic N) is 1. The van der Waals surface area contributed by atoms with E-state index in [0.717, 1.165) is 26.1 Å². The highest BCUT2D eigenvalue weighted by molar-refractivity contribution is 5.48. The molecule has 0 radical (unpaired) electrons. The minimum absolute atomic E-state index is 0.905. The molecule has 0 heterocycles. The number of likely N-dealkylation sites (N-methyl/N-ethyl adjacent to an activating group) is 1. The molecule has 2 heteroatoms. The molecule has 0 aliphatic heterocycles. The second kappa shape index (κ2) is 7.93. The highest BCUT2D eigenvalue weighted by atomic mass is 15.1. The van der Waals surface area contributed by atoms with Crippen molar-refractivity contribution in [3.8, 4) is 0 Å². The van der Waals surface area contributed by atoms with Crippen LogP contribution in [0.5, 0.6) is 0 Å². The Bertz CT molecular complexity index is 354. The molecule has 0 bridgehead atoms. The predicted molar refractivity (Wildman–Crippen MR) is 81.4 cm³/mol. The summed E-state index contributed by atoms with van der Waals surface area (Å²) in [6, 6.07) is 8.77. The van der Waals surface area contributed by atoms with Gasteiger partial charge in [-0.1, -0.05) is 32.6 Å². The van der Waals surface area contributed by atoms with Crippen LogP contribution in [0.4, 0.5) is 5.69 Å². The van der Waals surface area contributed by atoms with Crippen molar-refractivity contribution in [1.29, 1.82) is 0 Å². The van der Waals surface area contributed by atoms with Crippen LogP contribution < -0.4 is 10.2 Å². The number of aryl methyl sites for hydroxylation is 1. The quantitative estimate of drug-likeness (QED) is 0.559. The molecular formula is C16H26N2. The predicted octanol–water partition coefficient (Wildman–Crippen LogP) is 3.24. The molecule has 18 heavy (non-hydrogen) atoms. The lowest BCUT2D eigenvalue weighted by Gasteiger charge is -2.21. The van der Waals surface area contributed by atoms with E-state index in [2.05, 4.69) is 62.0 Å². The second-order valence-corrected chi connectivity index (χ2v) is 4.80. The van der Waals surface area contributed by atoms with E-state index in [4.69, 9.17) is 0 Å². The van der Waals surface area contributed by atoms with Crippen molar-refractivity contribution in [3.05, 3.63) is 42.0 Å². The highest BCUT2D eigenvalue weighted by Crippen LogP contribution is 2.14. The van der Waals surface area contributed by atoms with Gasteiger partial charge in [-0.2, -0.15) is 0 Å². The summed E-state index contributed by atoms with van der Waals surface area (Å²) in [5, 5.41) is 3.38. The third-order valence-corrected chi connectivity index (χ3v) is 3.05. The van der Waals surface area contributed by atoms with E-state index >= 15 is 0 Å². The van der Waals surface area contributed by atoms with Crippen molar-refractivity contribution in [3.63, 3.8) is 0 Å². The first-order chi connectivity index (χ1) is 8.67. The molecule has 2 nitrogen and oxygen atoms in total. The first kappa shape index (κ1) is 14.8. The molecule has 100 valence electrons. The number of hydrogen-bond donors (Lipinski definition) is 1. The average molecular weight is 246 g/mol. The Morgan fingerprint density at radius 2 is 1.89 bits per heavy atom. The summed E-state index contributed by atoms with van der Waals surface area (Å²) in [7, 11) is 2.12. The molecule has 0 saturated heterocycles. The van der Waals surface area contributed by atoms with Crippen molar-refractivity contribution in [2.75, 3.05) is 31.6 Å². The molecule has 0 aromatic heterocycles. The summed E-state index contributed by atoms with van der Waals surface area (Å²) >= 11 is 0. The number of hydrogen-bond acceptors (Lipinski definition) is 2. The Hall–Kier alpha value is -1.28. The van der Waals surface area contributed by atoms with Gasteiger partial charge >= 0.3 is 0 Å². The molecule has 0 unspecified atom stereocenters. The molecule has 1 N–H and O–H groups in total. The first-order valence-electron chi connectivity index (χ1n) is 6.84. The van der Waals surface area contributed by atoms with Gasteiger partial charge in [0.2, 0.25) is 0 Å². The third kappa shape index (κ3) is 4.92. The number of anilines is 1. The smallest absolute Gasteiger partial charge is 0.0395 e. The van der Waals surface area contributed by atoms with Crippen LogP contribution in [-0.2, 0) is 6.42 Å². The van der Waals surface area contributed by atoms with Gasteiger partial charge in [-0.3, -0.25) is 0 Å². The van der Waals surface area contributed by atoms with E-state index in [1.807, 2.05) is 0 Å². The molecule has 0 atom stereocenters. The maximum Gasteiger partial charge on any atom is 0.0395 e. The lowest BCUT2D eigenvalue weighted by Crippen LogP contribution is -2.26. The second-order valence-electron chi connectivity index (χ2n) is 4.80. The number of nitrogens with one attached hydrogen (secondary N) is 1. The maximum atomic E-state index is 4.12. The van der Waals surface area contributed by atoms with Crippen molar-refractivity contribution < 1.29 is 0 Å². The molecule has 1 aromatic carbocycles. The zero-order chi connectivity index (χ0) is 13.4. The molecule has 0 spiro atoms. The third-order valence-electron chi connectivity index (χ3n) is 3.05. The Labute approximate surface area is 112 Å². The zero-order valence-corrected chi connectivity index (χ0v) is 12.0. The standard InChI is InChI=1S/C16H26N2/c1-5-11-17-12-14(3)13-18(4)16-9-7-15(6-2)8-10-16/h7-10,17H,3,5-6,11-13H2,1-2,4H3. The van der Waals surface area contributed by atoms with Gasteiger partial charge in [-0.05, 0) is 42.7 Å². The molecular weight excluding hydrogens is 220 g/mol. The average Bonchev–Trinajstić information content (AvgIpc) is 2.39. The molecule has 1 aromatic rings. The fourth-order valence-electron chi connectivity index (χ4n) is 1.91. The van der Waals surface area contributed by atoms with E-state index in [-0.39, 0.29) is 0 Å². The normalized spacial score (nSPS) is 10.4. The molecule has 0 amide bonds. The maximum absolute atomic E-state index is 4.12. The topological polar surface area (TPSA) is 15.3 Å². The van der Waals surface area contributed by atoms with Gasteiger partial charge in [0.15, 0.2) is 0 Å². The van der Waals surface area contributed by atoms with E-state index < -0.39 is 0 Å². The Morgan fingerprint density at radius 1 is 1.22 bits per heavy atom. The molecule has 0 fully saturated rings. The summed E-state index contributed by atoms with van der Waals surface area (Å²) in [6.45, 7) is 11.4. The van der Waals surface area contributed by atoms with Gasteiger partial charge in [-0.15, -0.1) is 0 Å². The molecule has 0 saturated carbocycles. The van der Waals surface area contributed by atoms with Gasteiger partial charge in [0.05, 0.1) is 0 Å². The molecule has 1 rings (SSSR count). The van der Waals surface area contributed by atoms with Gasteiger partial charge in [0.25, 0.3) is 0 Å². The van der Waals surface area contributed by atoms with Crippen LogP contribution in [-0.4, -0.2) is 26.7 Å². The van der Waals surface area contributed by atoms with E-state index in [1.54, 1.807) is 0 Å². The van der Waals surface area contributed by atoms with E-state index in [9.17, 15) is 0 Å². The van der Waals surface area contributed by atoms with Crippen LogP contribution in [0.2, 0.25) is 0 Å². The summed E-state index contributed by atoms with van der Waals surface area (Å²) in [5.74, 6) is 0. The molecule has 0 aliphatic rings. The summed E-state index contributed by atoms with van der Waals surface area (Å²) in [6.07, 6.45) is 2.26. The lowest BCUT2D eigenvalue weighted by atomic mass is 10.1. The van der Waals surface area contributed by atoms with Crippen LogP contribution in [0.15, 0.2) is 36.4 Å². The van der Waals surface area contributed by atoms with Crippen molar-refractivity contribution in [2.24, 2.45) is 0 Å². The SMILES string of the molecule is C=C(CNCCC)CN(C)c1ccc(CC)cc1. The zero-order valence-electron chi connectivity index (χ0n) is 12.0. The number of rotatable bonds is 8. The monoisotopic (exact) mass is 246 g/mol. The minimum Gasteiger partial charge on any atom is -0.371 e. The van der Waals surface area contributed by atoms with Crippen molar-refractivity contribution >= 4 is 5.69 Å². The Kier molecular flexibility index (Phi) is 6.51. The van der Waals surface area contributed by atoms with Gasteiger partial charge in [-0.25, -0.2) is 0 Å². The summed E-state index contributed by atoms with van der Waals surface area (Å²) in [4.78, 5) is 2.25. The largest absolute Gasteiger partial charge is 0.371 e. The fourth-order valence-corrected chi connectivity index (χ4v) is 1.91. The van der Waals surface area contributed by atoms with Crippen LogP contribution in [0.25, 0.3) is 0 Å². The van der Waals surface area contributed by atoms with Gasteiger partial charge in [0.1, 0.15) is 0 Å². The molecule has 0 aliphatic carbocycles. The van der Waals surface area contributed by atoms with E-state index in [1.165, 1.54) is 23.2 Å². The van der Waals surface area contributed by atoms with Crippen molar-refractivity contribution in [2.45, 2.75) is 26.7 Å². The van der Waals surface area contributed by atoms with Crippen LogP contribution >= 0.6 is 0 Å². The fraction of sp³-hybridized carbons (Fsp3) is 0.500. The van der Waals surface area contributed by atoms with E-state index in [0.29, 0.717) is 0 Å².